The molecule has 0 saturated carbocycles. The van der Waals surface area contributed by atoms with Crippen molar-refractivity contribution in [3.8, 4) is 0 Å². The maximum Gasteiger partial charge on any atom is 0.161 e. The zero-order chi connectivity index (χ0) is 7.90. The van der Waals surface area contributed by atoms with Crippen LogP contribution in [0.4, 0.5) is 0 Å². The van der Waals surface area contributed by atoms with Crippen molar-refractivity contribution >= 4 is 0 Å². The molecular weight excluding hydrogens is 134 g/mol. The minimum atomic E-state index is 0.766. The summed E-state index contributed by atoms with van der Waals surface area (Å²) in [6, 6.07) is 1.67. The number of fused-ring (bicyclic) bond motifs is 1. The highest BCUT2D eigenvalue weighted by Crippen LogP contribution is 2.48. The van der Waals surface area contributed by atoms with Gasteiger partial charge in [-0.25, -0.2) is 0 Å². The number of quaternary nitrogens is 1. The normalized spacial score (nSPS) is 46.5. The molecule has 1 nitrogen and oxygen atoms in total. The molecule has 60 valence electrons. The average molecular weight is 150 g/mol. The van der Waals surface area contributed by atoms with E-state index in [1.165, 1.54) is 23.9 Å². The molecule has 0 aromatic heterocycles. The van der Waals surface area contributed by atoms with E-state index in [0.29, 0.717) is 0 Å². The van der Waals surface area contributed by atoms with Gasteiger partial charge >= 0.3 is 0 Å². The molecule has 3 atom stereocenters. The smallest absolute Gasteiger partial charge is 0.161 e. The molecule has 0 aromatic rings. The lowest BCUT2D eigenvalue weighted by Gasteiger charge is -2.14. The molecule has 2 fully saturated rings. The highest BCUT2D eigenvalue weighted by molar-refractivity contribution is 5.04. The third kappa shape index (κ3) is 0.747. The summed E-state index contributed by atoms with van der Waals surface area (Å²) in [5, 5.41) is 0. The van der Waals surface area contributed by atoms with E-state index in [1.54, 1.807) is 0 Å². The quantitative estimate of drug-likeness (QED) is 0.326. The van der Waals surface area contributed by atoms with Gasteiger partial charge in [0.1, 0.15) is 6.04 Å². The molecule has 0 unspecified atom stereocenters. The highest BCUT2D eigenvalue weighted by atomic mass is 15.5. The van der Waals surface area contributed by atoms with Crippen LogP contribution in [0.3, 0.4) is 0 Å². The molecule has 0 spiro atoms. The molecule has 2 aliphatic heterocycles. The lowest BCUT2D eigenvalue weighted by atomic mass is 10.2. The van der Waals surface area contributed by atoms with Crippen molar-refractivity contribution in [1.82, 2.24) is 0 Å². The first-order chi connectivity index (χ1) is 5.35. The Balaban J connectivity index is 2.11. The molecule has 2 heterocycles. The summed E-state index contributed by atoms with van der Waals surface area (Å²) in [7, 11) is 0. The van der Waals surface area contributed by atoms with Crippen LogP contribution in [-0.2, 0) is 0 Å². The van der Waals surface area contributed by atoms with E-state index < -0.39 is 0 Å². The fraction of sp³-hybridized carbons (Fsp3) is 0.600. The van der Waals surface area contributed by atoms with Crippen molar-refractivity contribution in [1.29, 1.82) is 0 Å². The number of nitrogens with zero attached hydrogens (tertiary/aromatic N) is 1. The first kappa shape index (κ1) is 7.11. The minimum absolute atomic E-state index is 0.766. The Hall–Kier alpha value is -0.560. The van der Waals surface area contributed by atoms with Gasteiger partial charge in [-0.2, -0.15) is 0 Å². The van der Waals surface area contributed by atoms with Gasteiger partial charge in [0.05, 0.1) is 13.1 Å². The van der Waals surface area contributed by atoms with Gasteiger partial charge in [0.25, 0.3) is 0 Å². The van der Waals surface area contributed by atoms with Crippen molar-refractivity contribution in [3.63, 3.8) is 0 Å². The summed E-state index contributed by atoms with van der Waals surface area (Å²) < 4.78 is 1.28. The van der Waals surface area contributed by atoms with Gasteiger partial charge in [-0.15, -0.1) is 0 Å². The Labute approximate surface area is 68.6 Å². The summed E-state index contributed by atoms with van der Waals surface area (Å²) >= 11 is 0. The molecule has 0 amide bonds. The zero-order valence-corrected chi connectivity index (χ0v) is 7.00. The Bertz CT molecular complexity index is 197. The summed E-state index contributed by atoms with van der Waals surface area (Å²) in [6.07, 6.45) is 7.00. The Morgan fingerprint density at radius 1 is 1.45 bits per heavy atom. The van der Waals surface area contributed by atoms with Gasteiger partial charge in [0, 0.05) is 12.8 Å². The first-order valence-corrected chi connectivity index (χ1v) is 4.45. The topological polar surface area (TPSA) is 0 Å². The molecule has 0 N–H and O–H groups in total. The van der Waals surface area contributed by atoms with Crippen LogP contribution in [0.15, 0.2) is 25.3 Å². The lowest BCUT2D eigenvalue weighted by Crippen LogP contribution is -2.28. The van der Waals surface area contributed by atoms with Gasteiger partial charge in [-0.3, -0.25) is 0 Å². The largest absolute Gasteiger partial charge is 0.302 e. The van der Waals surface area contributed by atoms with Crippen LogP contribution in [0.1, 0.15) is 12.8 Å². The van der Waals surface area contributed by atoms with Crippen molar-refractivity contribution in [2.24, 2.45) is 0 Å². The molecule has 0 radical (unpaired) electrons. The second kappa shape index (κ2) is 2.21. The van der Waals surface area contributed by atoms with E-state index in [0.717, 1.165) is 18.6 Å². The molecule has 0 bridgehead atoms. The molecule has 1 heteroatoms. The van der Waals surface area contributed by atoms with Gasteiger partial charge in [-0.1, -0.05) is 13.2 Å². The number of hydrogen-bond donors (Lipinski definition) is 0. The van der Waals surface area contributed by atoms with Gasteiger partial charge in [-0.05, 0) is 12.2 Å². The van der Waals surface area contributed by atoms with Crippen molar-refractivity contribution in [3.05, 3.63) is 25.3 Å². The second-order valence-electron chi connectivity index (χ2n) is 3.73. The van der Waals surface area contributed by atoms with Crippen molar-refractivity contribution in [2.75, 3.05) is 13.1 Å². The van der Waals surface area contributed by atoms with Gasteiger partial charge < -0.3 is 4.48 Å². The number of piperidine rings is 1. The predicted octanol–water partition coefficient (Wildman–Crippen LogP) is 1.72. The van der Waals surface area contributed by atoms with Crippen LogP contribution in [-0.4, -0.2) is 29.7 Å². The zero-order valence-electron chi connectivity index (χ0n) is 7.00. The van der Waals surface area contributed by atoms with Crippen LogP contribution in [0.2, 0.25) is 0 Å². The van der Waals surface area contributed by atoms with Gasteiger partial charge in [0.2, 0.25) is 0 Å². The Morgan fingerprint density at radius 3 is 2.82 bits per heavy atom. The van der Waals surface area contributed by atoms with E-state index in [4.69, 9.17) is 0 Å². The summed E-state index contributed by atoms with van der Waals surface area (Å²) in [5.41, 5.74) is 0. The van der Waals surface area contributed by atoms with Crippen LogP contribution >= 0.6 is 0 Å². The number of hydrogen-bond acceptors (Lipinski definition) is 0. The summed E-state index contributed by atoms with van der Waals surface area (Å²) in [6.45, 7) is 10.2. The lowest BCUT2D eigenvalue weighted by molar-refractivity contribution is -0.806. The average Bonchev–Trinajstić information content (AvgIpc) is 2.37. The maximum atomic E-state index is 3.88. The van der Waals surface area contributed by atoms with Crippen LogP contribution < -0.4 is 0 Å². The van der Waals surface area contributed by atoms with E-state index in [-0.39, 0.29) is 0 Å². The molecule has 2 aliphatic rings. The Kier molecular flexibility index (Phi) is 1.43. The van der Waals surface area contributed by atoms with E-state index >= 15 is 0 Å². The molecule has 11 heavy (non-hydrogen) atoms. The van der Waals surface area contributed by atoms with E-state index in [9.17, 15) is 0 Å². The van der Waals surface area contributed by atoms with Crippen molar-refractivity contribution < 1.29 is 4.48 Å². The van der Waals surface area contributed by atoms with Crippen LogP contribution in [0.5, 0.6) is 0 Å². The third-order valence-corrected chi connectivity index (χ3v) is 3.34. The van der Waals surface area contributed by atoms with E-state index in [1.807, 2.05) is 0 Å². The molecule has 0 aromatic carbocycles. The molecular formula is C10H16N+. The Morgan fingerprint density at radius 2 is 2.27 bits per heavy atom. The fourth-order valence-electron chi connectivity index (χ4n) is 2.83. The number of rotatable bonds is 3. The monoisotopic (exact) mass is 150 g/mol. The van der Waals surface area contributed by atoms with Gasteiger partial charge in [0.15, 0.2) is 6.04 Å². The van der Waals surface area contributed by atoms with E-state index in [2.05, 4.69) is 25.3 Å². The standard InChI is InChI=1S/C10H16N/c1-3-7-11-8-5-6-10(11)9(11)4-2/h3-4,9-10H,1-2,5-8H2/q+1/t9-,10+,11-/m0/s1. The predicted molar refractivity (Wildman–Crippen MR) is 47.2 cm³/mol. The SMILES string of the molecule is C=CC[N@@+]12CCC[C@@H]1[C@@H]2C=C. The fourth-order valence-corrected chi connectivity index (χ4v) is 2.83. The molecule has 0 aliphatic carbocycles. The summed E-state index contributed by atoms with van der Waals surface area (Å²) in [5.74, 6) is 0. The highest BCUT2D eigenvalue weighted by Gasteiger charge is 2.66. The molecule has 2 saturated heterocycles. The van der Waals surface area contributed by atoms with Crippen molar-refractivity contribution in [2.45, 2.75) is 24.9 Å². The molecule has 2 rings (SSSR count). The second-order valence-corrected chi connectivity index (χ2v) is 3.73. The maximum absolute atomic E-state index is 3.88. The summed E-state index contributed by atoms with van der Waals surface area (Å²) in [4.78, 5) is 0. The van der Waals surface area contributed by atoms with Crippen LogP contribution in [0.25, 0.3) is 0 Å². The van der Waals surface area contributed by atoms with Crippen LogP contribution in [0, 0.1) is 0 Å². The minimum Gasteiger partial charge on any atom is -0.302 e. The third-order valence-electron chi connectivity index (χ3n) is 3.34. The first-order valence-electron chi connectivity index (χ1n) is 4.45.